The first-order valence-corrected chi connectivity index (χ1v) is 16.0. The van der Waals surface area contributed by atoms with Gasteiger partial charge in [0, 0.05) is 65.4 Å². The third-order valence-corrected chi connectivity index (χ3v) is 11.5. The molecule has 5 heterocycles. The van der Waals surface area contributed by atoms with Gasteiger partial charge in [-0.3, -0.25) is 0 Å². The SMILES string of the molecule is Cc1sc2ccccc2c1-c1nc(-c2cc3c4c(c2)CCCN4CCC3)sc1-c1c(C)sc2ccccc12. The number of rotatable bonds is 3. The maximum absolute atomic E-state index is 5.52. The summed E-state index contributed by atoms with van der Waals surface area (Å²) in [7, 11) is 0. The van der Waals surface area contributed by atoms with Gasteiger partial charge >= 0.3 is 0 Å². The van der Waals surface area contributed by atoms with Gasteiger partial charge in [-0.15, -0.1) is 34.0 Å². The van der Waals surface area contributed by atoms with Crippen molar-refractivity contribution in [1.29, 1.82) is 0 Å². The number of anilines is 1. The maximum Gasteiger partial charge on any atom is 0.124 e. The summed E-state index contributed by atoms with van der Waals surface area (Å²) in [6.07, 6.45) is 4.87. The van der Waals surface area contributed by atoms with Gasteiger partial charge in [-0.05, 0) is 74.9 Å². The van der Waals surface area contributed by atoms with Crippen LogP contribution in [0.5, 0.6) is 0 Å². The Balaban J connectivity index is 1.40. The van der Waals surface area contributed by atoms with Gasteiger partial charge in [0.1, 0.15) is 5.01 Å². The second-order valence-electron chi connectivity index (χ2n) is 10.6. The van der Waals surface area contributed by atoms with E-state index in [1.165, 1.54) is 107 Å². The lowest BCUT2D eigenvalue weighted by molar-refractivity contribution is 0.634. The topological polar surface area (TPSA) is 16.1 Å². The lowest BCUT2D eigenvalue weighted by Gasteiger charge is -2.37. The Morgan fingerprint density at radius 1 is 0.711 bits per heavy atom. The molecule has 0 saturated carbocycles. The lowest BCUT2D eigenvalue weighted by atomic mass is 9.90. The van der Waals surface area contributed by atoms with Crippen LogP contribution in [-0.4, -0.2) is 18.1 Å². The predicted molar refractivity (Wildman–Crippen MR) is 168 cm³/mol. The number of thiazole rings is 1. The summed E-state index contributed by atoms with van der Waals surface area (Å²) in [5.41, 5.74) is 9.71. The van der Waals surface area contributed by atoms with Gasteiger partial charge in [-0.2, -0.15) is 0 Å². The molecule has 0 spiro atoms. The van der Waals surface area contributed by atoms with Crippen LogP contribution in [0.4, 0.5) is 5.69 Å². The zero-order chi connectivity index (χ0) is 25.4. The van der Waals surface area contributed by atoms with Crippen molar-refractivity contribution in [1.82, 2.24) is 4.98 Å². The Bertz CT molecular complexity index is 1740. The zero-order valence-electron chi connectivity index (χ0n) is 21.6. The highest BCUT2D eigenvalue weighted by Crippen LogP contribution is 2.50. The molecule has 3 aromatic heterocycles. The van der Waals surface area contributed by atoms with Gasteiger partial charge in [0.2, 0.25) is 0 Å². The van der Waals surface area contributed by atoms with E-state index in [0.717, 1.165) is 10.7 Å². The predicted octanol–water partition coefficient (Wildman–Crippen LogP) is 9.89. The van der Waals surface area contributed by atoms with Crippen molar-refractivity contribution in [2.45, 2.75) is 39.5 Å². The molecule has 5 heteroatoms. The third-order valence-electron chi connectivity index (χ3n) is 8.21. The van der Waals surface area contributed by atoms with Crippen molar-refractivity contribution < 1.29 is 0 Å². The molecule has 0 unspecified atom stereocenters. The van der Waals surface area contributed by atoms with Crippen LogP contribution in [0.3, 0.4) is 0 Å². The highest BCUT2D eigenvalue weighted by molar-refractivity contribution is 7.22. The number of thiophene rings is 2. The van der Waals surface area contributed by atoms with Crippen molar-refractivity contribution in [3.8, 4) is 32.3 Å². The first kappa shape index (κ1) is 22.9. The average Bonchev–Trinajstić information content (AvgIpc) is 3.60. The standard InChI is InChI=1S/C33H28N2S3/c1-19-28(24-11-3-5-13-26(24)36-19)30-32(29-20(2)37-27-14-6-4-12-25(27)29)38-33(34-30)23-17-21-9-7-15-35-16-8-10-22(18-23)31(21)35/h3-6,11-14,17-18H,7-10,15-16H2,1-2H3. The smallest absolute Gasteiger partial charge is 0.124 e. The molecule has 2 aliphatic rings. The first-order chi connectivity index (χ1) is 18.7. The molecule has 0 bridgehead atoms. The highest BCUT2D eigenvalue weighted by atomic mass is 32.1. The molecule has 0 saturated heterocycles. The van der Waals surface area contributed by atoms with E-state index >= 15 is 0 Å². The fourth-order valence-electron chi connectivity index (χ4n) is 6.62. The van der Waals surface area contributed by atoms with Crippen LogP contribution in [-0.2, 0) is 12.8 Å². The van der Waals surface area contributed by atoms with Gasteiger partial charge < -0.3 is 4.90 Å². The Morgan fingerprint density at radius 2 is 1.29 bits per heavy atom. The molecule has 6 aromatic rings. The van der Waals surface area contributed by atoms with E-state index in [-0.39, 0.29) is 0 Å². The monoisotopic (exact) mass is 548 g/mol. The minimum absolute atomic E-state index is 1.15. The molecule has 38 heavy (non-hydrogen) atoms. The van der Waals surface area contributed by atoms with E-state index in [9.17, 15) is 0 Å². The molecular formula is C33H28N2S3. The summed E-state index contributed by atoms with van der Waals surface area (Å²) >= 11 is 5.68. The van der Waals surface area contributed by atoms with E-state index in [1.54, 1.807) is 0 Å². The van der Waals surface area contributed by atoms with E-state index in [1.807, 2.05) is 34.0 Å². The Hall–Kier alpha value is -2.99. The summed E-state index contributed by atoms with van der Waals surface area (Å²) in [4.78, 5) is 12.2. The number of aryl methyl sites for hydroxylation is 4. The summed E-state index contributed by atoms with van der Waals surface area (Å²) in [6, 6.07) is 22.6. The van der Waals surface area contributed by atoms with Crippen molar-refractivity contribution in [2.75, 3.05) is 18.0 Å². The molecule has 188 valence electrons. The fraction of sp³-hybridized carbons (Fsp3) is 0.242. The lowest BCUT2D eigenvalue weighted by Crippen LogP contribution is -2.34. The first-order valence-electron chi connectivity index (χ1n) is 13.5. The number of aromatic nitrogens is 1. The molecule has 8 rings (SSSR count). The van der Waals surface area contributed by atoms with Crippen LogP contribution in [0.15, 0.2) is 60.7 Å². The van der Waals surface area contributed by atoms with Gasteiger partial charge in [0.05, 0.1) is 10.6 Å². The number of benzene rings is 3. The highest BCUT2D eigenvalue weighted by Gasteiger charge is 2.27. The van der Waals surface area contributed by atoms with Crippen LogP contribution in [0.25, 0.3) is 52.4 Å². The molecule has 2 aliphatic heterocycles. The third kappa shape index (κ3) is 3.45. The Labute approximate surface area is 235 Å². The summed E-state index contributed by atoms with van der Waals surface area (Å²) in [5.74, 6) is 0. The van der Waals surface area contributed by atoms with Crippen molar-refractivity contribution in [3.63, 3.8) is 0 Å². The van der Waals surface area contributed by atoms with Gasteiger partial charge in [-0.1, -0.05) is 36.4 Å². The van der Waals surface area contributed by atoms with E-state index in [2.05, 4.69) is 79.4 Å². The van der Waals surface area contributed by atoms with Crippen molar-refractivity contribution in [2.24, 2.45) is 0 Å². The minimum Gasteiger partial charge on any atom is -0.371 e. The number of hydrogen-bond donors (Lipinski definition) is 0. The van der Waals surface area contributed by atoms with Crippen LogP contribution < -0.4 is 4.90 Å². The molecule has 2 nitrogen and oxygen atoms in total. The maximum atomic E-state index is 5.52. The summed E-state index contributed by atoms with van der Waals surface area (Å²) in [5, 5.41) is 3.82. The Kier molecular flexibility index (Phi) is 5.29. The van der Waals surface area contributed by atoms with Crippen LogP contribution in [0, 0.1) is 13.8 Å². The average molecular weight is 549 g/mol. The van der Waals surface area contributed by atoms with Crippen molar-refractivity contribution in [3.05, 3.63) is 81.5 Å². The normalized spacial score (nSPS) is 14.9. The van der Waals surface area contributed by atoms with Gasteiger partial charge in [0.15, 0.2) is 0 Å². The largest absolute Gasteiger partial charge is 0.371 e. The second-order valence-corrected chi connectivity index (χ2v) is 14.1. The second kappa shape index (κ2) is 8.77. The molecule has 3 aromatic carbocycles. The van der Waals surface area contributed by atoms with E-state index < -0.39 is 0 Å². The zero-order valence-corrected chi connectivity index (χ0v) is 24.1. The van der Waals surface area contributed by atoms with Gasteiger partial charge in [0.25, 0.3) is 0 Å². The molecular weight excluding hydrogens is 521 g/mol. The summed E-state index contributed by atoms with van der Waals surface area (Å²) < 4.78 is 2.69. The fourth-order valence-corrected chi connectivity index (χ4v) is 10.00. The molecule has 0 fully saturated rings. The molecule has 0 atom stereocenters. The van der Waals surface area contributed by atoms with Gasteiger partial charge in [-0.25, -0.2) is 4.98 Å². The molecule has 0 radical (unpaired) electrons. The van der Waals surface area contributed by atoms with E-state index in [4.69, 9.17) is 4.98 Å². The van der Waals surface area contributed by atoms with E-state index in [0.29, 0.717) is 0 Å². The minimum atomic E-state index is 1.15. The molecule has 0 aliphatic carbocycles. The van der Waals surface area contributed by atoms with Crippen molar-refractivity contribution >= 4 is 59.9 Å². The van der Waals surface area contributed by atoms with Crippen LogP contribution in [0.1, 0.15) is 33.7 Å². The van der Waals surface area contributed by atoms with Crippen LogP contribution in [0.2, 0.25) is 0 Å². The number of hydrogen-bond acceptors (Lipinski definition) is 5. The number of nitrogens with zero attached hydrogens (tertiary/aromatic N) is 2. The molecule has 0 N–H and O–H groups in total. The number of fused-ring (bicyclic) bond motifs is 2. The molecule has 0 amide bonds. The summed E-state index contributed by atoms with van der Waals surface area (Å²) in [6.45, 7) is 6.96. The van der Waals surface area contributed by atoms with Crippen LogP contribution >= 0.6 is 34.0 Å². The Morgan fingerprint density at radius 3 is 1.95 bits per heavy atom. The quantitative estimate of drug-likeness (QED) is 0.219.